The van der Waals surface area contributed by atoms with Crippen molar-refractivity contribution in [1.29, 1.82) is 0 Å². The highest BCUT2D eigenvalue weighted by Crippen LogP contribution is 2.44. The maximum Gasteiger partial charge on any atom is 0.407 e. The Morgan fingerprint density at radius 2 is 1.67 bits per heavy atom. The maximum atomic E-state index is 12.6. The van der Waals surface area contributed by atoms with Crippen LogP contribution in [0.4, 0.5) is 4.79 Å². The van der Waals surface area contributed by atoms with Gasteiger partial charge in [-0.1, -0.05) is 61.9 Å². The summed E-state index contributed by atoms with van der Waals surface area (Å²) in [5.74, 6) is -1.66. The van der Waals surface area contributed by atoms with Crippen LogP contribution >= 0.6 is 0 Å². The molecular formula is C25H30N2O6. The van der Waals surface area contributed by atoms with Gasteiger partial charge in [-0.15, -0.1) is 0 Å². The van der Waals surface area contributed by atoms with Gasteiger partial charge in [0.1, 0.15) is 13.2 Å². The van der Waals surface area contributed by atoms with Gasteiger partial charge in [0.25, 0.3) is 0 Å². The van der Waals surface area contributed by atoms with E-state index in [1.54, 1.807) is 0 Å². The molecule has 2 aromatic rings. The van der Waals surface area contributed by atoms with Crippen molar-refractivity contribution in [2.75, 3.05) is 26.3 Å². The molecule has 0 fully saturated rings. The van der Waals surface area contributed by atoms with Gasteiger partial charge >= 0.3 is 12.1 Å². The highest BCUT2D eigenvalue weighted by molar-refractivity contribution is 5.82. The number of aliphatic hydroxyl groups excluding tert-OH is 1. The van der Waals surface area contributed by atoms with Crippen molar-refractivity contribution in [2.45, 2.75) is 38.1 Å². The van der Waals surface area contributed by atoms with Crippen LogP contribution in [0.15, 0.2) is 48.5 Å². The number of hydrogen-bond donors (Lipinski definition) is 3. The van der Waals surface area contributed by atoms with E-state index >= 15 is 0 Å². The standard InChI is InChI=1S/C25H30N2O6/c1-2-7-17(14-23(29)27(12-13-28)15-24(30)31)26-25(32)33-16-22-20-10-5-3-8-18(20)19-9-4-6-11-21(19)22/h3-6,8-11,17,22,28H,2,7,12-16H2,1H3,(H,26,32)(H,30,31)/t17-/m1/s1. The second-order valence-electron chi connectivity index (χ2n) is 8.09. The predicted octanol–water partition coefficient (Wildman–Crippen LogP) is 2.99. The Morgan fingerprint density at radius 3 is 2.21 bits per heavy atom. The first-order valence-corrected chi connectivity index (χ1v) is 11.2. The molecule has 8 heteroatoms. The summed E-state index contributed by atoms with van der Waals surface area (Å²) in [6.45, 7) is 1.19. The molecule has 2 aromatic carbocycles. The Labute approximate surface area is 193 Å². The molecule has 0 bridgehead atoms. The zero-order chi connectivity index (χ0) is 23.8. The number of benzene rings is 2. The monoisotopic (exact) mass is 454 g/mol. The van der Waals surface area contributed by atoms with E-state index in [0.29, 0.717) is 6.42 Å². The molecule has 2 amide bonds. The van der Waals surface area contributed by atoms with Crippen LogP contribution in [0, 0.1) is 0 Å². The van der Waals surface area contributed by atoms with Crippen molar-refractivity contribution in [3.63, 3.8) is 0 Å². The number of aliphatic hydroxyl groups is 1. The van der Waals surface area contributed by atoms with Crippen LogP contribution < -0.4 is 5.32 Å². The quantitative estimate of drug-likeness (QED) is 0.481. The Kier molecular flexibility index (Phi) is 8.43. The number of carbonyl (C=O) groups is 3. The lowest BCUT2D eigenvalue weighted by Gasteiger charge is -2.24. The molecule has 0 radical (unpaired) electrons. The van der Waals surface area contributed by atoms with Crippen LogP contribution in [0.1, 0.15) is 43.2 Å². The Hall–Kier alpha value is -3.39. The van der Waals surface area contributed by atoms with Crippen LogP contribution in [0.5, 0.6) is 0 Å². The van der Waals surface area contributed by atoms with Gasteiger partial charge in [-0.3, -0.25) is 9.59 Å². The second kappa shape index (κ2) is 11.5. The fourth-order valence-corrected chi connectivity index (χ4v) is 4.30. The molecule has 1 atom stereocenters. The normalized spacial score (nSPS) is 13.0. The van der Waals surface area contributed by atoms with E-state index in [4.69, 9.17) is 14.9 Å². The van der Waals surface area contributed by atoms with Crippen LogP contribution in [-0.2, 0) is 14.3 Å². The molecule has 0 saturated heterocycles. The third-order valence-corrected chi connectivity index (χ3v) is 5.77. The van der Waals surface area contributed by atoms with Gasteiger partial charge < -0.3 is 25.2 Å². The van der Waals surface area contributed by atoms with Gasteiger partial charge in [0.15, 0.2) is 0 Å². The fourth-order valence-electron chi connectivity index (χ4n) is 4.30. The summed E-state index contributed by atoms with van der Waals surface area (Å²) >= 11 is 0. The Balaban J connectivity index is 1.61. The smallest absolute Gasteiger partial charge is 0.407 e. The van der Waals surface area contributed by atoms with Crippen LogP contribution in [0.25, 0.3) is 11.1 Å². The number of aliphatic carboxylic acids is 1. The molecule has 0 spiro atoms. The number of amides is 2. The number of nitrogens with one attached hydrogen (secondary N) is 1. The third kappa shape index (κ3) is 6.10. The van der Waals surface area contributed by atoms with Crippen molar-refractivity contribution < 1.29 is 29.3 Å². The summed E-state index contributed by atoms with van der Waals surface area (Å²) in [6.07, 6.45) is 0.581. The predicted molar refractivity (Wildman–Crippen MR) is 123 cm³/mol. The number of nitrogens with zero attached hydrogens (tertiary/aromatic N) is 1. The first-order chi connectivity index (χ1) is 15.9. The number of fused-ring (bicyclic) bond motifs is 3. The van der Waals surface area contributed by atoms with Crippen LogP contribution in [-0.4, -0.2) is 65.4 Å². The van der Waals surface area contributed by atoms with E-state index in [-0.39, 0.29) is 32.1 Å². The highest BCUT2D eigenvalue weighted by Gasteiger charge is 2.29. The van der Waals surface area contributed by atoms with Gasteiger partial charge in [0.05, 0.1) is 6.61 Å². The molecule has 0 unspecified atom stereocenters. The zero-order valence-electron chi connectivity index (χ0n) is 18.7. The molecule has 1 aliphatic carbocycles. The van der Waals surface area contributed by atoms with Gasteiger partial charge in [0.2, 0.25) is 5.91 Å². The molecule has 176 valence electrons. The summed E-state index contributed by atoms with van der Waals surface area (Å²) in [5.41, 5.74) is 4.50. The fraction of sp³-hybridized carbons (Fsp3) is 0.400. The van der Waals surface area contributed by atoms with Gasteiger partial charge in [-0.05, 0) is 28.7 Å². The minimum Gasteiger partial charge on any atom is -0.480 e. The minimum atomic E-state index is -1.16. The lowest BCUT2D eigenvalue weighted by Crippen LogP contribution is -2.43. The molecule has 3 rings (SSSR count). The van der Waals surface area contributed by atoms with E-state index in [2.05, 4.69) is 17.4 Å². The summed E-state index contributed by atoms with van der Waals surface area (Å²) < 4.78 is 5.56. The SMILES string of the molecule is CCC[C@H](CC(=O)N(CCO)CC(=O)O)NC(=O)OCC1c2ccccc2-c2ccccc21. The topological polar surface area (TPSA) is 116 Å². The van der Waals surface area contributed by atoms with E-state index in [1.807, 2.05) is 43.3 Å². The molecule has 0 aliphatic heterocycles. The summed E-state index contributed by atoms with van der Waals surface area (Å²) in [5, 5.41) is 20.9. The average Bonchev–Trinajstić information content (AvgIpc) is 3.11. The largest absolute Gasteiger partial charge is 0.480 e. The van der Waals surface area contributed by atoms with E-state index in [9.17, 15) is 14.4 Å². The van der Waals surface area contributed by atoms with E-state index in [0.717, 1.165) is 33.6 Å². The number of rotatable bonds is 11. The number of carboxylic acids is 1. The van der Waals surface area contributed by atoms with E-state index < -0.39 is 30.6 Å². The highest BCUT2D eigenvalue weighted by atomic mass is 16.5. The first kappa shape index (κ1) is 24.3. The molecule has 0 saturated carbocycles. The second-order valence-corrected chi connectivity index (χ2v) is 8.09. The minimum absolute atomic E-state index is 0.0642. The summed E-state index contributed by atoms with van der Waals surface area (Å²) in [7, 11) is 0. The zero-order valence-corrected chi connectivity index (χ0v) is 18.7. The molecular weight excluding hydrogens is 424 g/mol. The first-order valence-electron chi connectivity index (χ1n) is 11.2. The molecule has 8 nitrogen and oxygen atoms in total. The third-order valence-electron chi connectivity index (χ3n) is 5.77. The van der Waals surface area contributed by atoms with Crippen molar-refractivity contribution >= 4 is 18.0 Å². The van der Waals surface area contributed by atoms with Gasteiger partial charge in [0, 0.05) is 24.9 Å². The van der Waals surface area contributed by atoms with Gasteiger partial charge in [-0.2, -0.15) is 0 Å². The molecule has 3 N–H and O–H groups in total. The number of ether oxygens (including phenoxy) is 1. The molecule has 1 aliphatic rings. The Morgan fingerprint density at radius 1 is 1.06 bits per heavy atom. The van der Waals surface area contributed by atoms with Crippen molar-refractivity contribution in [3.8, 4) is 11.1 Å². The summed E-state index contributed by atoms with van der Waals surface area (Å²) in [4.78, 5) is 37.2. The molecule has 0 heterocycles. The van der Waals surface area contributed by atoms with Crippen molar-refractivity contribution in [2.24, 2.45) is 0 Å². The number of carboxylic acid groups (broad SMARTS) is 1. The lowest BCUT2D eigenvalue weighted by molar-refractivity contribution is -0.145. The van der Waals surface area contributed by atoms with Crippen molar-refractivity contribution in [1.82, 2.24) is 10.2 Å². The maximum absolute atomic E-state index is 12.6. The molecule has 33 heavy (non-hydrogen) atoms. The number of carbonyl (C=O) groups excluding carboxylic acids is 2. The number of alkyl carbamates (subject to hydrolysis) is 1. The lowest BCUT2D eigenvalue weighted by atomic mass is 9.98. The van der Waals surface area contributed by atoms with Crippen molar-refractivity contribution in [3.05, 3.63) is 59.7 Å². The molecule has 0 aromatic heterocycles. The van der Waals surface area contributed by atoms with Crippen LogP contribution in [0.2, 0.25) is 0 Å². The van der Waals surface area contributed by atoms with Crippen LogP contribution in [0.3, 0.4) is 0 Å². The average molecular weight is 455 g/mol. The number of hydrogen-bond acceptors (Lipinski definition) is 5. The summed E-state index contributed by atoms with van der Waals surface area (Å²) in [6, 6.07) is 15.6. The van der Waals surface area contributed by atoms with E-state index in [1.165, 1.54) is 0 Å². The Bertz CT molecular complexity index is 947. The van der Waals surface area contributed by atoms with Gasteiger partial charge in [-0.25, -0.2) is 4.79 Å².